The van der Waals surface area contributed by atoms with Crippen LogP contribution in [-0.2, 0) is 23.9 Å². The van der Waals surface area contributed by atoms with Gasteiger partial charge in [0, 0.05) is 0 Å². The average Bonchev–Trinajstić information content (AvgIpc) is 2.04. The number of carboxylic acid groups (broad SMARTS) is 1. The van der Waals surface area contributed by atoms with Crippen LogP contribution in [0.1, 0.15) is 12.8 Å². The molecule has 6 heteroatoms. The van der Waals surface area contributed by atoms with Crippen molar-refractivity contribution in [1.29, 1.82) is 0 Å². The molecule has 0 saturated carbocycles. The molecule has 0 aliphatic carbocycles. The highest BCUT2D eigenvalue weighted by atomic mass is 16.5. The van der Waals surface area contributed by atoms with E-state index in [1.54, 1.807) is 0 Å². The van der Waals surface area contributed by atoms with E-state index in [0.29, 0.717) is 0 Å². The third kappa shape index (κ3) is 8.32. The first-order chi connectivity index (χ1) is 6.16. The van der Waals surface area contributed by atoms with Gasteiger partial charge in [0.15, 0.2) is 0 Å². The Labute approximate surface area is 74.4 Å². The van der Waals surface area contributed by atoms with Gasteiger partial charge < -0.3 is 14.6 Å². The molecule has 0 spiro atoms. The molecular formula is C7H10O6. The Morgan fingerprint density at radius 3 is 2.46 bits per heavy atom. The molecule has 0 aliphatic rings. The molecule has 0 rings (SSSR count). The van der Waals surface area contributed by atoms with Crippen molar-refractivity contribution in [1.82, 2.24) is 0 Å². The summed E-state index contributed by atoms with van der Waals surface area (Å²) in [7, 11) is 0. The number of rotatable bonds is 7. The average molecular weight is 190 g/mol. The summed E-state index contributed by atoms with van der Waals surface area (Å²) in [6.45, 7) is 0.0230. The summed E-state index contributed by atoms with van der Waals surface area (Å²) < 4.78 is 8.72. The van der Waals surface area contributed by atoms with E-state index in [2.05, 4.69) is 9.47 Å². The van der Waals surface area contributed by atoms with Crippen LogP contribution in [0.5, 0.6) is 0 Å². The van der Waals surface area contributed by atoms with Crippen LogP contribution in [0.25, 0.3) is 0 Å². The van der Waals surface area contributed by atoms with Gasteiger partial charge in [-0.2, -0.15) is 0 Å². The Morgan fingerprint density at radius 2 is 1.92 bits per heavy atom. The number of hydrogen-bond acceptors (Lipinski definition) is 5. The molecule has 74 valence electrons. The van der Waals surface area contributed by atoms with Crippen molar-refractivity contribution in [3.8, 4) is 0 Å². The van der Waals surface area contributed by atoms with Crippen LogP contribution in [0.15, 0.2) is 0 Å². The van der Waals surface area contributed by atoms with Gasteiger partial charge in [-0.05, 0) is 0 Å². The van der Waals surface area contributed by atoms with Gasteiger partial charge >= 0.3 is 11.9 Å². The van der Waals surface area contributed by atoms with Crippen LogP contribution in [0, 0.1) is 0 Å². The summed E-state index contributed by atoms with van der Waals surface area (Å²) in [6, 6.07) is 0. The van der Waals surface area contributed by atoms with E-state index in [9.17, 15) is 14.4 Å². The van der Waals surface area contributed by atoms with Crippen LogP contribution in [0.2, 0.25) is 0 Å². The molecule has 0 bridgehead atoms. The number of ether oxygens (including phenoxy) is 2. The molecule has 0 aromatic carbocycles. The number of carbonyl (C=O) groups is 3. The Morgan fingerprint density at radius 1 is 1.23 bits per heavy atom. The summed E-state index contributed by atoms with van der Waals surface area (Å²) in [5.41, 5.74) is 0. The van der Waals surface area contributed by atoms with Gasteiger partial charge in [-0.15, -0.1) is 0 Å². The SMILES string of the molecule is O=COCCC(=O)OCCC(=O)O. The second-order valence-corrected chi connectivity index (χ2v) is 2.08. The molecule has 13 heavy (non-hydrogen) atoms. The molecule has 0 atom stereocenters. The Balaban J connectivity index is 3.30. The van der Waals surface area contributed by atoms with Crippen molar-refractivity contribution in [2.75, 3.05) is 13.2 Å². The Kier molecular flexibility index (Phi) is 6.21. The minimum atomic E-state index is -1.03. The predicted octanol–water partition coefficient (Wildman–Crippen LogP) is -0.433. The first-order valence-electron chi connectivity index (χ1n) is 3.59. The standard InChI is InChI=1S/C7H10O6/c8-5-12-3-2-7(11)13-4-1-6(9)10/h5H,1-4H2,(H,9,10). The minimum absolute atomic E-state index is 0.0462. The lowest BCUT2D eigenvalue weighted by molar-refractivity contribution is -0.147. The summed E-state index contributed by atoms with van der Waals surface area (Å²) >= 11 is 0. The number of aliphatic carboxylic acids is 1. The van der Waals surface area contributed by atoms with Crippen LogP contribution >= 0.6 is 0 Å². The smallest absolute Gasteiger partial charge is 0.309 e. The minimum Gasteiger partial charge on any atom is -0.481 e. The molecule has 0 amide bonds. The zero-order valence-corrected chi connectivity index (χ0v) is 6.89. The number of hydrogen-bond donors (Lipinski definition) is 1. The molecule has 0 aromatic heterocycles. The highest BCUT2D eigenvalue weighted by Crippen LogP contribution is 1.89. The van der Waals surface area contributed by atoms with E-state index in [1.807, 2.05) is 0 Å². The number of carboxylic acids is 1. The molecule has 6 nitrogen and oxygen atoms in total. The van der Waals surface area contributed by atoms with Crippen molar-refractivity contribution in [2.45, 2.75) is 12.8 Å². The fourth-order valence-corrected chi connectivity index (χ4v) is 0.515. The lowest BCUT2D eigenvalue weighted by atomic mass is 10.4. The topological polar surface area (TPSA) is 89.9 Å². The lowest BCUT2D eigenvalue weighted by Crippen LogP contribution is -2.11. The summed E-state index contributed by atoms with van der Waals surface area (Å²) in [5.74, 6) is -1.61. The molecule has 1 N–H and O–H groups in total. The van der Waals surface area contributed by atoms with Crippen LogP contribution in [0.3, 0.4) is 0 Å². The van der Waals surface area contributed by atoms with Gasteiger partial charge in [-0.25, -0.2) is 0 Å². The maximum Gasteiger partial charge on any atom is 0.309 e. The number of carbonyl (C=O) groups excluding carboxylic acids is 2. The molecule has 0 aromatic rings. The molecular weight excluding hydrogens is 180 g/mol. The van der Waals surface area contributed by atoms with Crippen molar-refractivity contribution in [2.24, 2.45) is 0 Å². The quantitative estimate of drug-likeness (QED) is 0.332. The second kappa shape index (κ2) is 7.08. The highest BCUT2D eigenvalue weighted by molar-refractivity contribution is 5.71. The zero-order valence-electron chi connectivity index (χ0n) is 6.89. The zero-order chi connectivity index (χ0) is 10.1. The van der Waals surface area contributed by atoms with E-state index in [0.717, 1.165) is 0 Å². The van der Waals surface area contributed by atoms with Gasteiger partial charge in [-0.3, -0.25) is 14.4 Å². The molecule has 0 heterocycles. The van der Waals surface area contributed by atoms with Gasteiger partial charge in [0.1, 0.15) is 13.2 Å². The molecule has 0 unspecified atom stereocenters. The molecule has 0 saturated heterocycles. The van der Waals surface area contributed by atoms with E-state index in [1.165, 1.54) is 0 Å². The second-order valence-electron chi connectivity index (χ2n) is 2.08. The van der Waals surface area contributed by atoms with Crippen molar-refractivity contribution < 1.29 is 29.0 Å². The van der Waals surface area contributed by atoms with E-state index < -0.39 is 11.9 Å². The summed E-state index contributed by atoms with van der Waals surface area (Å²) in [4.78, 5) is 30.3. The first kappa shape index (κ1) is 11.4. The van der Waals surface area contributed by atoms with Gasteiger partial charge in [0.05, 0.1) is 12.8 Å². The van der Waals surface area contributed by atoms with Crippen molar-refractivity contribution in [3.05, 3.63) is 0 Å². The van der Waals surface area contributed by atoms with Gasteiger partial charge in [0.25, 0.3) is 6.47 Å². The van der Waals surface area contributed by atoms with Gasteiger partial charge in [-0.1, -0.05) is 0 Å². The third-order valence-electron chi connectivity index (χ3n) is 1.07. The van der Waals surface area contributed by atoms with Crippen LogP contribution in [-0.4, -0.2) is 36.7 Å². The lowest BCUT2D eigenvalue weighted by Gasteiger charge is -2.01. The largest absolute Gasteiger partial charge is 0.481 e. The summed E-state index contributed by atoms with van der Waals surface area (Å²) in [6.07, 6.45) is -0.279. The van der Waals surface area contributed by atoms with Gasteiger partial charge in [0.2, 0.25) is 0 Å². The fourth-order valence-electron chi connectivity index (χ4n) is 0.515. The molecule has 0 fully saturated rings. The summed E-state index contributed by atoms with van der Waals surface area (Å²) in [5, 5.41) is 8.18. The Hall–Kier alpha value is -1.59. The fraction of sp³-hybridized carbons (Fsp3) is 0.571. The third-order valence-corrected chi connectivity index (χ3v) is 1.07. The molecule has 0 radical (unpaired) electrons. The normalized spacial score (nSPS) is 8.92. The maximum atomic E-state index is 10.7. The maximum absolute atomic E-state index is 10.7. The van der Waals surface area contributed by atoms with Crippen LogP contribution in [0.4, 0.5) is 0 Å². The van der Waals surface area contributed by atoms with Crippen molar-refractivity contribution in [3.63, 3.8) is 0 Å². The van der Waals surface area contributed by atoms with E-state index in [-0.39, 0.29) is 32.5 Å². The van der Waals surface area contributed by atoms with Crippen LogP contribution < -0.4 is 0 Å². The van der Waals surface area contributed by atoms with Crippen molar-refractivity contribution >= 4 is 18.4 Å². The number of esters is 1. The monoisotopic (exact) mass is 190 g/mol. The predicted molar refractivity (Wildman–Crippen MR) is 39.8 cm³/mol. The highest BCUT2D eigenvalue weighted by Gasteiger charge is 2.04. The first-order valence-corrected chi connectivity index (χ1v) is 3.59. The van der Waals surface area contributed by atoms with E-state index >= 15 is 0 Å². The molecule has 0 aliphatic heterocycles. The Bertz CT molecular complexity index is 187. The van der Waals surface area contributed by atoms with E-state index in [4.69, 9.17) is 5.11 Å².